The predicted octanol–water partition coefficient (Wildman–Crippen LogP) is 3.34. The predicted molar refractivity (Wildman–Crippen MR) is 169 cm³/mol. The van der Waals surface area contributed by atoms with Crippen molar-refractivity contribution in [3.05, 3.63) is 79.8 Å². The smallest absolute Gasteiger partial charge is 0.338 e. The number of aliphatic carboxylic acids is 3. The number of fused-ring (bicyclic) bond motifs is 6. The second-order valence-corrected chi connectivity index (χ2v) is 11.9. The van der Waals surface area contributed by atoms with E-state index in [4.69, 9.17) is 9.98 Å². The van der Waals surface area contributed by atoms with Crippen molar-refractivity contribution in [2.24, 2.45) is 21.8 Å². The summed E-state index contributed by atoms with van der Waals surface area (Å²) in [6.07, 6.45) is 8.06. The molecule has 0 amide bonds. The molecule has 1 saturated heterocycles. The third-order valence-electron chi connectivity index (χ3n) is 9.41. The molecule has 5 N–H and O–H groups in total. The Balaban J connectivity index is 1.88. The monoisotopic (exact) mass is 598 g/mol. The number of rotatable bonds is 8. The summed E-state index contributed by atoms with van der Waals surface area (Å²) in [5.41, 5.74) is 6.73. The molecule has 4 aliphatic heterocycles. The number of allylic oxidation sites excluding steroid dienone is 4. The van der Waals surface area contributed by atoms with Crippen LogP contribution in [0.4, 0.5) is 0 Å². The Hall–Kier alpha value is -4.57. The standard InChI is InChI=1S/C34H38N4O6/c1-7-19-15(3)23-12-25-17(5)21(9-10-29(39)40)32(37-25)22(11-30(41)42)33-31(34(43)44)18(6)26(38-33)14-28-20(8-2)16(4)24(36-28)13-27(19)35-23/h7,12-14,17,21,25,32,36-37H,1,8-11H2,2-6H3,(H,39,40)(H,41,42)(H,43,44). The van der Waals surface area contributed by atoms with Crippen molar-refractivity contribution in [3.8, 4) is 0 Å². The molecule has 10 nitrogen and oxygen atoms in total. The molecule has 5 heterocycles. The van der Waals surface area contributed by atoms with Crippen LogP contribution in [-0.4, -0.2) is 61.7 Å². The third kappa shape index (κ3) is 5.34. The molecule has 0 saturated carbocycles. The summed E-state index contributed by atoms with van der Waals surface area (Å²) in [5.74, 6) is -3.70. The van der Waals surface area contributed by atoms with Gasteiger partial charge in [0.1, 0.15) is 0 Å². The van der Waals surface area contributed by atoms with Crippen LogP contribution in [0.1, 0.15) is 58.1 Å². The lowest BCUT2D eigenvalue weighted by Gasteiger charge is -2.25. The fourth-order valence-corrected chi connectivity index (χ4v) is 7.01. The molecular formula is C34H38N4O6. The van der Waals surface area contributed by atoms with E-state index in [1.165, 1.54) is 0 Å². The van der Waals surface area contributed by atoms with Gasteiger partial charge in [0.2, 0.25) is 0 Å². The van der Waals surface area contributed by atoms with Crippen LogP contribution >= 0.6 is 0 Å². The molecule has 4 atom stereocenters. The van der Waals surface area contributed by atoms with Crippen LogP contribution in [0.2, 0.25) is 0 Å². The summed E-state index contributed by atoms with van der Waals surface area (Å²) in [4.78, 5) is 49.9. The summed E-state index contributed by atoms with van der Waals surface area (Å²) in [5, 5.41) is 35.1. The van der Waals surface area contributed by atoms with Crippen LogP contribution < -0.4 is 16.0 Å². The van der Waals surface area contributed by atoms with Gasteiger partial charge in [-0.05, 0) is 91.5 Å². The first kappa shape index (κ1) is 30.9. The van der Waals surface area contributed by atoms with Gasteiger partial charge in [-0.1, -0.05) is 26.5 Å². The van der Waals surface area contributed by atoms with Crippen molar-refractivity contribution in [1.82, 2.24) is 10.3 Å². The molecule has 0 aromatic carbocycles. The quantitative estimate of drug-likeness (QED) is 0.306. The Bertz CT molecular complexity index is 1810. The van der Waals surface area contributed by atoms with E-state index in [-0.39, 0.29) is 42.0 Å². The first-order chi connectivity index (χ1) is 20.9. The fourth-order valence-electron chi connectivity index (χ4n) is 7.01. The van der Waals surface area contributed by atoms with Crippen LogP contribution in [0, 0.1) is 18.8 Å². The molecule has 8 bridgehead atoms. The van der Waals surface area contributed by atoms with E-state index in [2.05, 4.69) is 16.9 Å². The van der Waals surface area contributed by atoms with E-state index in [0.29, 0.717) is 23.3 Å². The number of carbonyl (C=O) groups is 3. The Morgan fingerprint density at radius 2 is 1.70 bits per heavy atom. The molecule has 230 valence electrons. The molecule has 0 radical (unpaired) electrons. The van der Waals surface area contributed by atoms with Crippen molar-refractivity contribution >= 4 is 41.5 Å². The van der Waals surface area contributed by atoms with Gasteiger partial charge in [-0.15, -0.1) is 0 Å². The van der Waals surface area contributed by atoms with E-state index in [0.717, 1.165) is 44.4 Å². The maximum atomic E-state index is 12.7. The van der Waals surface area contributed by atoms with Gasteiger partial charge in [0, 0.05) is 34.8 Å². The summed E-state index contributed by atoms with van der Waals surface area (Å²) in [6, 6.07) is -0.920. The topological polar surface area (TPSA) is 164 Å². The van der Waals surface area contributed by atoms with E-state index in [1.807, 2.05) is 45.9 Å². The van der Waals surface area contributed by atoms with Gasteiger partial charge in [0.25, 0.3) is 0 Å². The normalized spacial score (nSPS) is 24.5. The average Bonchev–Trinajstić information content (AvgIpc) is 3.63. The van der Waals surface area contributed by atoms with Crippen molar-refractivity contribution in [3.63, 3.8) is 0 Å². The summed E-state index contributed by atoms with van der Waals surface area (Å²) >= 11 is 0. The van der Waals surface area contributed by atoms with Gasteiger partial charge in [-0.25, -0.2) is 14.8 Å². The number of hydrogen-bond acceptors (Lipinski definition) is 6. The number of carboxylic acids is 3. The second kappa shape index (κ2) is 11.8. The molecule has 4 unspecified atom stereocenters. The average molecular weight is 599 g/mol. The van der Waals surface area contributed by atoms with Gasteiger partial charge in [0.15, 0.2) is 0 Å². The lowest BCUT2D eigenvalue weighted by molar-refractivity contribution is -0.138. The third-order valence-corrected chi connectivity index (χ3v) is 9.41. The van der Waals surface area contributed by atoms with Crippen LogP contribution in [0.15, 0.2) is 68.0 Å². The van der Waals surface area contributed by atoms with Gasteiger partial charge in [-0.2, -0.15) is 0 Å². The molecule has 1 aromatic rings. The summed E-state index contributed by atoms with van der Waals surface area (Å²) in [6.45, 7) is 13.8. The first-order valence-electron chi connectivity index (χ1n) is 14.9. The lowest BCUT2D eigenvalue weighted by atomic mass is 9.80. The minimum atomic E-state index is -1.20. The number of nitrogens with one attached hydrogen (secondary N) is 2. The Labute approximate surface area is 255 Å². The zero-order valence-electron chi connectivity index (χ0n) is 25.6. The zero-order valence-corrected chi connectivity index (χ0v) is 25.6. The van der Waals surface area contributed by atoms with Gasteiger partial charge >= 0.3 is 17.9 Å². The molecule has 0 aliphatic carbocycles. The summed E-state index contributed by atoms with van der Waals surface area (Å²) in [7, 11) is 0. The number of aromatic nitrogens is 1. The highest BCUT2D eigenvalue weighted by Gasteiger charge is 2.44. The highest BCUT2D eigenvalue weighted by Crippen LogP contribution is 2.41. The minimum absolute atomic E-state index is 0.0443. The molecule has 44 heavy (non-hydrogen) atoms. The molecule has 0 spiro atoms. The van der Waals surface area contributed by atoms with Crippen molar-refractivity contribution in [2.45, 2.75) is 72.4 Å². The van der Waals surface area contributed by atoms with E-state index < -0.39 is 30.4 Å². The first-order valence-corrected chi connectivity index (χ1v) is 14.9. The molecule has 5 rings (SSSR count). The van der Waals surface area contributed by atoms with E-state index in [9.17, 15) is 29.7 Å². The molecule has 1 aromatic heterocycles. The van der Waals surface area contributed by atoms with Gasteiger partial charge in [0.05, 0.1) is 34.8 Å². The number of aliphatic imine (C=N–C) groups is 2. The molecule has 4 aliphatic rings. The minimum Gasteiger partial charge on any atom is -0.481 e. The number of hydrogen-bond donors (Lipinski definition) is 5. The van der Waals surface area contributed by atoms with Crippen LogP contribution in [0.25, 0.3) is 12.2 Å². The second-order valence-electron chi connectivity index (χ2n) is 11.9. The highest BCUT2D eigenvalue weighted by atomic mass is 16.4. The highest BCUT2D eigenvalue weighted by molar-refractivity contribution is 6.26. The zero-order chi connectivity index (χ0) is 32.0. The molecule has 1 fully saturated rings. The maximum absolute atomic E-state index is 12.7. The van der Waals surface area contributed by atoms with Crippen LogP contribution in [0.5, 0.6) is 0 Å². The van der Waals surface area contributed by atoms with E-state index >= 15 is 0 Å². The van der Waals surface area contributed by atoms with E-state index in [1.54, 1.807) is 13.0 Å². The Kier molecular flexibility index (Phi) is 8.31. The van der Waals surface area contributed by atoms with Crippen molar-refractivity contribution in [1.29, 1.82) is 0 Å². The number of carboxylic acid groups (broad SMARTS) is 3. The number of aromatic amines is 1. The largest absolute Gasteiger partial charge is 0.481 e. The summed E-state index contributed by atoms with van der Waals surface area (Å²) < 4.78 is 0. The number of nitrogens with zero attached hydrogens (tertiary/aromatic N) is 2. The van der Waals surface area contributed by atoms with Crippen molar-refractivity contribution in [2.75, 3.05) is 0 Å². The SMILES string of the molecule is C=CC1=C(C)C2=CC3NC(C(CC(=O)O)=C4N=C(C=c5[nH]c(c(C)c5CC)=CC1=N2)C(C)=C4C(=O)O)C(CCC(=O)O)C3C. The Morgan fingerprint density at radius 1 is 1.00 bits per heavy atom. The lowest BCUT2D eigenvalue weighted by Crippen LogP contribution is -2.34. The molecule has 10 heteroatoms. The fraction of sp³-hybridized carbons (Fsp3) is 0.382. The maximum Gasteiger partial charge on any atom is 0.338 e. The van der Waals surface area contributed by atoms with Crippen molar-refractivity contribution < 1.29 is 29.7 Å². The van der Waals surface area contributed by atoms with Gasteiger partial charge < -0.3 is 25.6 Å². The van der Waals surface area contributed by atoms with Gasteiger partial charge in [-0.3, -0.25) is 9.59 Å². The van der Waals surface area contributed by atoms with Crippen LogP contribution in [-0.2, 0) is 20.8 Å². The molecular weight excluding hydrogens is 560 g/mol. The Morgan fingerprint density at radius 3 is 2.32 bits per heavy atom. The van der Waals surface area contributed by atoms with Crippen LogP contribution in [0.3, 0.4) is 0 Å². The number of H-pyrrole nitrogens is 1.